The van der Waals surface area contributed by atoms with Gasteiger partial charge in [0.2, 0.25) is 0 Å². The van der Waals surface area contributed by atoms with Crippen LogP contribution < -0.4 is 14.4 Å². The molecule has 1 aromatic heterocycles. The van der Waals surface area contributed by atoms with Gasteiger partial charge in [-0.3, -0.25) is 14.5 Å². The van der Waals surface area contributed by atoms with Gasteiger partial charge in [0.15, 0.2) is 16.6 Å². The summed E-state index contributed by atoms with van der Waals surface area (Å²) in [5, 5.41) is 2.38. The minimum absolute atomic E-state index is 0.129. The van der Waals surface area contributed by atoms with Crippen molar-refractivity contribution in [3.05, 3.63) is 64.1 Å². The SMILES string of the molecule is COc1ccc(N(C(=O)c2ccccc2Cl)c2nc(C(=O)N3CCSCC3)cs2)cc1OC. The van der Waals surface area contributed by atoms with Crippen LogP contribution in [0, 0.1) is 0 Å². The van der Waals surface area contributed by atoms with Crippen molar-refractivity contribution in [3.8, 4) is 11.5 Å². The highest BCUT2D eigenvalue weighted by atomic mass is 35.5. The third kappa shape index (κ3) is 4.95. The Morgan fingerprint density at radius 1 is 1.06 bits per heavy atom. The fourth-order valence-electron chi connectivity index (χ4n) is 3.43. The maximum atomic E-state index is 13.6. The highest BCUT2D eigenvalue weighted by Crippen LogP contribution is 2.37. The molecule has 0 radical (unpaired) electrons. The van der Waals surface area contributed by atoms with Gasteiger partial charge in [-0.1, -0.05) is 23.7 Å². The van der Waals surface area contributed by atoms with Crippen LogP contribution in [-0.2, 0) is 0 Å². The summed E-state index contributed by atoms with van der Waals surface area (Å²) in [6, 6.07) is 12.0. The van der Waals surface area contributed by atoms with Gasteiger partial charge in [-0.05, 0) is 24.3 Å². The molecule has 1 aliphatic heterocycles. The summed E-state index contributed by atoms with van der Waals surface area (Å²) in [5.41, 5.74) is 1.16. The number of anilines is 2. The highest BCUT2D eigenvalue weighted by Gasteiger charge is 2.28. The zero-order valence-corrected chi connectivity index (χ0v) is 20.5. The molecule has 4 rings (SSSR count). The summed E-state index contributed by atoms with van der Waals surface area (Å²) >= 11 is 9.38. The summed E-state index contributed by atoms with van der Waals surface area (Å²) in [6.45, 7) is 1.38. The number of hydrogen-bond acceptors (Lipinski definition) is 7. The Morgan fingerprint density at radius 2 is 1.79 bits per heavy atom. The lowest BCUT2D eigenvalue weighted by Crippen LogP contribution is -2.38. The fourth-order valence-corrected chi connectivity index (χ4v) is 5.36. The van der Waals surface area contributed by atoms with Crippen LogP contribution in [0.3, 0.4) is 0 Å². The molecular formula is C23H22ClN3O4S2. The van der Waals surface area contributed by atoms with Crippen molar-refractivity contribution in [2.75, 3.05) is 43.7 Å². The lowest BCUT2D eigenvalue weighted by Gasteiger charge is -2.25. The molecule has 2 aromatic carbocycles. The second-order valence-electron chi connectivity index (χ2n) is 7.08. The van der Waals surface area contributed by atoms with E-state index in [0.717, 1.165) is 11.5 Å². The average molecular weight is 504 g/mol. The third-order valence-electron chi connectivity index (χ3n) is 5.13. The van der Waals surface area contributed by atoms with Crippen LogP contribution in [0.5, 0.6) is 11.5 Å². The van der Waals surface area contributed by atoms with Crippen molar-refractivity contribution in [3.63, 3.8) is 0 Å². The van der Waals surface area contributed by atoms with E-state index in [2.05, 4.69) is 4.98 Å². The summed E-state index contributed by atoms with van der Waals surface area (Å²) < 4.78 is 10.8. The monoisotopic (exact) mass is 503 g/mol. The molecule has 0 atom stereocenters. The van der Waals surface area contributed by atoms with Crippen molar-refractivity contribution in [2.24, 2.45) is 0 Å². The zero-order chi connectivity index (χ0) is 23.4. The van der Waals surface area contributed by atoms with E-state index in [1.54, 1.807) is 59.9 Å². The van der Waals surface area contributed by atoms with E-state index in [-0.39, 0.29) is 11.8 Å². The molecule has 0 spiro atoms. The number of thiazole rings is 1. The Labute approximate surface area is 205 Å². The van der Waals surface area contributed by atoms with Crippen molar-refractivity contribution < 1.29 is 19.1 Å². The number of aromatic nitrogens is 1. The van der Waals surface area contributed by atoms with Gasteiger partial charge < -0.3 is 14.4 Å². The van der Waals surface area contributed by atoms with Gasteiger partial charge in [0.25, 0.3) is 11.8 Å². The quantitative estimate of drug-likeness (QED) is 0.472. The molecule has 1 saturated heterocycles. The number of methoxy groups -OCH3 is 2. The first kappa shape index (κ1) is 23.4. The maximum Gasteiger partial charge on any atom is 0.273 e. The number of amides is 2. The van der Waals surface area contributed by atoms with Crippen LogP contribution in [0.15, 0.2) is 47.8 Å². The molecule has 0 aliphatic carbocycles. The molecule has 0 bridgehead atoms. The summed E-state index contributed by atoms with van der Waals surface area (Å²) in [4.78, 5) is 34.4. The molecule has 0 N–H and O–H groups in total. The lowest BCUT2D eigenvalue weighted by molar-refractivity contribution is 0.0766. The molecule has 0 saturated carbocycles. The normalized spacial score (nSPS) is 13.5. The standard InChI is InChI=1S/C23H22ClN3O4S2/c1-30-19-8-7-15(13-20(19)31-2)27(21(28)16-5-3-4-6-17(16)24)23-25-18(14-33-23)22(29)26-9-11-32-12-10-26/h3-8,13-14H,9-12H2,1-2H3. The number of halogens is 1. The smallest absolute Gasteiger partial charge is 0.273 e. The van der Waals surface area contributed by atoms with Crippen LogP contribution >= 0.6 is 34.7 Å². The van der Waals surface area contributed by atoms with Gasteiger partial charge in [0, 0.05) is 36.0 Å². The number of carbonyl (C=O) groups excluding carboxylic acids is 2. The number of thioether (sulfide) groups is 1. The number of nitrogens with zero attached hydrogens (tertiary/aromatic N) is 3. The van der Waals surface area contributed by atoms with E-state index >= 15 is 0 Å². The van der Waals surface area contributed by atoms with Crippen molar-refractivity contribution in [2.45, 2.75) is 0 Å². The Hall–Kier alpha value is -2.75. The second kappa shape index (κ2) is 10.5. The van der Waals surface area contributed by atoms with Crippen molar-refractivity contribution in [1.29, 1.82) is 0 Å². The van der Waals surface area contributed by atoms with E-state index in [9.17, 15) is 9.59 Å². The molecule has 172 valence electrons. The third-order valence-corrected chi connectivity index (χ3v) is 7.23. The van der Waals surface area contributed by atoms with E-state index in [0.29, 0.717) is 51.7 Å². The first-order valence-electron chi connectivity index (χ1n) is 10.2. The van der Waals surface area contributed by atoms with E-state index < -0.39 is 0 Å². The largest absolute Gasteiger partial charge is 0.493 e. The molecule has 3 aromatic rings. The molecule has 0 unspecified atom stereocenters. The van der Waals surface area contributed by atoms with E-state index in [4.69, 9.17) is 21.1 Å². The predicted octanol–water partition coefficient (Wildman–Crippen LogP) is 4.98. The minimum atomic E-state index is -0.365. The van der Waals surface area contributed by atoms with Gasteiger partial charge in [0.05, 0.1) is 30.5 Å². The first-order chi connectivity index (χ1) is 16.0. The maximum absolute atomic E-state index is 13.6. The number of carbonyl (C=O) groups is 2. The fraction of sp³-hybridized carbons (Fsp3) is 0.261. The Bertz CT molecular complexity index is 1160. The number of rotatable bonds is 6. The number of ether oxygens (including phenoxy) is 2. The molecule has 1 aliphatic rings. The summed E-state index contributed by atoms with van der Waals surface area (Å²) in [5.74, 6) is 2.32. The number of benzene rings is 2. The van der Waals surface area contributed by atoms with Gasteiger partial charge in [0.1, 0.15) is 5.69 Å². The first-order valence-corrected chi connectivity index (χ1v) is 12.6. The predicted molar refractivity (Wildman–Crippen MR) is 133 cm³/mol. The molecule has 7 nitrogen and oxygen atoms in total. The summed E-state index contributed by atoms with van der Waals surface area (Å²) in [6.07, 6.45) is 0. The molecule has 1 fully saturated rings. The molecular weight excluding hydrogens is 482 g/mol. The zero-order valence-electron chi connectivity index (χ0n) is 18.1. The number of hydrogen-bond donors (Lipinski definition) is 0. The topological polar surface area (TPSA) is 72.0 Å². The van der Waals surface area contributed by atoms with E-state index in [1.807, 2.05) is 11.8 Å². The van der Waals surface area contributed by atoms with E-state index in [1.165, 1.54) is 23.3 Å². The van der Waals surface area contributed by atoms with Gasteiger partial charge in [-0.2, -0.15) is 11.8 Å². The van der Waals surface area contributed by atoms with Gasteiger partial charge >= 0.3 is 0 Å². The van der Waals surface area contributed by atoms with Crippen LogP contribution in [-0.4, -0.2) is 60.5 Å². The van der Waals surface area contributed by atoms with Crippen LogP contribution in [0.2, 0.25) is 5.02 Å². The second-order valence-corrected chi connectivity index (χ2v) is 9.55. The lowest BCUT2D eigenvalue weighted by atomic mass is 10.1. The van der Waals surface area contributed by atoms with Crippen molar-refractivity contribution >= 4 is 57.3 Å². The Balaban J connectivity index is 1.75. The molecule has 33 heavy (non-hydrogen) atoms. The summed E-state index contributed by atoms with van der Waals surface area (Å²) in [7, 11) is 3.07. The van der Waals surface area contributed by atoms with Gasteiger partial charge in [-0.25, -0.2) is 4.98 Å². The molecule has 2 heterocycles. The minimum Gasteiger partial charge on any atom is -0.493 e. The highest BCUT2D eigenvalue weighted by molar-refractivity contribution is 7.99. The molecule has 2 amide bonds. The van der Waals surface area contributed by atoms with Crippen LogP contribution in [0.4, 0.5) is 10.8 Å². The Kier molecular flexibility index (Phi) is 7.42. The van der Waals surface area contributed by atoms with Gasteiger partial charge in [-0.15, -0.1) is 11.3 Å². The van der Waals surface area contributed by atoms with Crippen LogP contribution in [0.1, 0.15) is 20.8 Å². The molecule has 10 heteroatoms. The Morgan fingerprint density at radius 3 is 2.48 bits per heavy atom. The van der Waals surface area contributed by atoms with Crippen LogP contribution in [0.25, 0.3) is 0 Å². The van der Waals surface area contributed by atoms with Crippen molar-refractivity contribution in [1.82, 2.24) is 9.88 Å². The average Bonchev–Trinajstić information content (AvgIpc) is 3.34.